The number of aromatic nitrogens is 1. The molecule has 0 unspecified atom stereocenters. The van der Waals surface area contributed by atoms with Gasteiger partial charge in [-0.15, -0.1) is 0 Å². The fourth-order valence-corrected chi connectivity index (χ4v) is 2.47. The molecule has 0 aliphatic carbocycles. The minimum absolute atomic E-state index is 0.636. The maximum absolute atomic E-state index is 5.78. The van der Waals surface area contributed by atoms with Crippen LogP contribution in [0.25, 0.3) is 22.1 Å². The summed E-state index contributed by atoms with van der Waals surface area (Å²) in [5.74, 6) is 1.59. The second-order valence-corrected chi connectivity index (χ2v) is 5.02. The Balaban J connectivity index is 1.56. The molecule has 2 heterocycles. The van der Waals surface area contributed by atoms with Gasteiger partial charge in [0.15, 0.2) is 11.5 Å². The number of para-hydroxylation sites is 1. The lowest BCUT2D eigenvalue weighted by molar-refractivity contribution is 0.559. The van der Waals surface area contributed by atoms with Crippen molar-refractivity contribution in [3.63, 3.8) is 0 Å². The van der Waals surface area contributed by atoms with Crippen LogP contribution < -0.4 is 5.32 Å². The molecule has 2 aromatic heterocycles. The van der Waals surface area contributed by atoms with Crippen molar-refractivity contribution in [2.75, 3.05) is 5.32 Å². The molecular weight excluding hydrogens is 264 g/mol. The molecule has 104 valence electrons. The second kappa shape index (κ2) is 4.66. The van der Waals surface area contributed by atoms with E-state index < -0.39 is 0 Å². The van der Waals surface area contributed by atoms with Gasteiger partial charge in [0, 0.05) is 18.0 Å². The fourth-order valence-electron chi connectivity index (χ4n) is 2.47. The summed E-state index contributed by atoms with van der Waals surface area (Å²) in [6.45, 7) is 2.48. The van der Waals surface area contributed by atoms with E-state index in [1.54, 1.807) is 0 Å². The Kier molecular flexibility index (Phi) is 2.67. The van der Waals surface area contributed by atoms with E-state index in [2.05, 4.69) is 16.4 Å². The van der Waals surface area contributed by atoms with E-state index in [9.17, 15) is 0 Å². The summed E-state index contributed by atoms with van der Waals surface area (Å²) in [5, 5.41) is 4.47. The van der Waals surface area contributed by atoms with E-state index in [1.165, 1.54) is 0 Å². The number of oxazole rings is 1. The third-order valence-corrected chi connectivity index (χ3v) is 3.44. The van der Waals surface area contributed by atoms with Crippen LogP contribution in [0.2, 0.25) is 0 Å². The number of aryl methyl sites for hydroxylation is 1. The number of hydrogen-bond donors (Lipinski definition) is 1. The average Bonchev–Trinajstić information content (AvgIpc) is 3.06. The van der Waals surface area contributed by atoms with Crippen molar-refractivity contribution in [3.8, 4) is 0 Å². The highest BCUT2D eigenvalue weighted by Gasteiger charge is 2.05. The highest BCUT2D eigenvalue weighted by Crippen LogP contribution is 2.22. The van der Waals surface area contributed by atoms with Gasteiger partial charge in [0.1, 0.15) is 16.9 Å². The van der Waals surface area contributed by atoms with Crippen molar-refractivity contribution in [2.24, 2.45) is 0 Å². The first-order valence-corrected chi connectivity index (χ1v) is 6.86. The molecule has 0 radical (unpaired) electrons. The first-order chi connectivity index (χ1) is 10.3. The van der Waals surface area contributed by atoms with Gasteiger partial charge in [-0.2, -0.15) is 0 Å². The van der Waals surface area contributed by atoms with Crippen LogP contribution in [-0.4, -0.2) is 4.98 Å². The average molecular weight is 278 g/mol. The molecule has 0 aliphatic rings. The molecular formula is C17H14N2O2. The second-order valence-electron chi connectivity index (χ2n) is 5.02. The van der Waals surface area contributed by atoms with Crippen molar-refractivity contribution in [1.82, 2.24) is 4.98 Å². The van der Waals surface area contributed by atoms with Crippen LogP contribution in [0.5, 0.6) is 0 Å². The van der Waals surface area contributed by atoms with E-state index in [0.717, 1.165) is 33.5 Å². The van der Waals surface area contributed by atoms with Crippen LogP contribution in [0.15, 0.2) is 57.4 Å². The first kappa shape index (κ1) is 12.0. The van der Waals surface area contributed by atoms with Crippen LogP contribution in [0.3, 0.4) is 0 Å². The monoisotopic (exact) mass is 278 g/mol. The third kappa shape index (κ3) is 2.25. The number of furan rings is 1. The predicted octanol–water partition coefficient (Wildman–Crippen LogP) is 4.49. The highest BCUT2D eigenvalue weighted by molar-refractivity contribution is 5.78. The normalized spacial score (nSPS) is 11.3. The van der Waals surface area contributed by atoms with Crippen LogP contribution >= 0.6 is 0 Å². The summed E-state index contributed by atoms with van der Waals surface area (Å²) >= 11 is 0. The van der Waals surface area contributed by atoms with E-state index in [4.69, 9.17) is 8.83 Å². The molecule has 4 aromatic rings. The summed E-state index contributed by atoms with van der Waals surface area (Å²) in [6, 6.07) is 16.0. The molecule has 2 aromatic carbocycles. The van der Waals surface area contributed by atoms with Crippen molar-refractivity contribution in [2.45, 2.75) is 13.5 Å². The zero-order chi connectivity index (χ0) is 14.2. The molecule has 0 atom stereocenters. The molecule has 0 bridgehead atoms. The lowest BCUT2D eigenvalue weighted by Gasteiger charge is -2.03. The summed E-state index contributed by atoms with van der Waals surface area (Å²) in [7, 11) is 0. The van der Waals surface area contributed by atoms with E-state index in [-0.39, 0.29) is 0 Å². The number of rotatable bonds is 3. The van der Waals surface area contributed by atoms with Crippen LogP contribution in [-0.2, 0) is 6.54 Å². The third-order valence-electron chi connectivity index (χ3n) is 3.44. The Bertz CT molecular complexity index is 888. The summed E-state index contributed by atoms with van der Waals surface area (Å²) < 4.78 is 11.3. The van der Waals surface area contributed by atoms with Gasteiger partial charge in [0.05, 0.1) is 6.54 Å². The van der Waals surface area contributed by atoms with Crippen molar-refractivity contribution in [3.05, 3.63) is 60.2 Å². The molecule has 1 N–H and O–H groups in total. The van der Waals surface area contributed by atoms with E-state index >= 15 is 0 Å². The Morgan fingerprint density at radius 2 is 1.90 bits per heavy atom. The number of hydrogen-bond acceptors (Lipinski definition) is 4. The van der Waals surface area contributed by atoms with Gasteiger partial charge in [-0.1, -0.05) is 18.2 Å². The largest absolute Gasteiger partial charge is 0.459 e. The Morgan fingerprint density at radius 3 is 2.81 bits per heavy atom. The molecule has 0 fully saturated rings. The molecule has 0 saturated heterocycles. The zero-order valence-corrected chi connectivity index (χ0v) is 11.6. The number of fused-ring (bicyclic) bond motifs is 2. The van der Waals surface area contributed by atoms with Crippen molar-refractivity contribution in [1.29, 1.82) is 0 Å². The van der Waals surface area contributed by atoms with Gasteiger partial charge in [-0.25, -0.2) is 4.98 Å². The number of anilines is 1. The molecule has 4 nitrogen and oxygen atoms in total. The van der Waals surface area contributed by atoms with E-state index in [1.807, 2.05) is 49.4 Å². The Hall–Kier alpha value is -2.75. The van der Waals surface area contributed by atoms with Gasteiger partial charge in [0.2, 0.25) is 0 Å². The van der Waals surface area contributed by atoms with Crippen LogP contribution in [0.4, 0.5) is 5.69 Å². The van der Waals surface area contributed by atoms with Crippen molar-refractivity contribution >= 4 is 27.8 Å². The summed E-state index contributed by atoms with van der Waals surface area (Å²) in [4.78, 5) is 4.33. The maximum Gasteiger partial charge on any atom is 0.192 e. The molecule has 0 saturated carbocycles. The minimum atomic E-state index is 0.636. The van der Waals surface area contributed by atoms with Crippen molar-refractivity contribution < 1.29 is 8.83 Å². The van der Waals surface area contributed by atoms with Gasteiger partial charge in [-0.3, -0.25) is 0 Å². The predicted molar refractivity (Wildman–Crippen MR) is 82.3 cm³/mol. The molecule has 0 amide bonds. The molecule has 0 aliphatic heterocycles. The first-order valence-electron chi connectivity index (χ1n) is 6.86. The molecule has 4 rings (SSSR count). The number of benzene rings is 2. The zero-order valence-electron chi connectivity index (χ0n) is 11.6. The highest BCUT2D eigenvalue weighted by atomic mass is 16.3. The van der Waals surface area contributed by atoms with Crippen LogP contribution in [0.1, 0.15) is 11.7 Å². The van der Waals surface area contributed by atoms with Gasteiger partial charge < -0.3 is 14.2 Å². The van der Waals surface area contributed by atoms with Crippen LogP contribution in [0, 0.1) is 6.92 Å². The maximum atomic E-state index is 5.78. The summed E-state index contributed by atoms with van der Waals surface area (Å²) in [5.41, 5.74) is 3.58. The SMILES string of the molecule is Cc1nc2cc(NCc3cc4ccccc4o3)ccc2o1. The lowest BCUT2D eigenvalue weighted by atomic mass is 10.2. The minimum Gasteiger partial charge on any atom is -0.459 e. The molecule has 21 heavy (non-hydrogen) atoms. The Labute approximate surface area is 121 Å². The van der Waals surface area contributed by atoms with Gasteiger partial charge in [0.25, 0.3) is 0 Å². The number of nitrogens with zero attached hydrogens (tertiary/aromatic N) is 1. The quantitative estimate of drug-likeness (QED) is 0.599. The van der Waals surface area contributed by atoms with Gasteiger partial charge >= 0.3 is 0 Å². The van der Waals surface area contributed by atoms with E-state index in [0.29, 0.717) is 12.4 Å². The molecule has 4 heteroatoms. The standard InChI is InChI=1S/C17H14N2O2/c1-11-19-15-9-13(6-7-17(15)20-11)18-10-14-8-12-4-2-3-5-16(12)21-14/h2-9,18H,10H2,1H3. The smallest absolute Gasteiger partial charge is 0.192 e. The molecule has 0 spiro atoms. The fraction of sp³-hybridized carbons (Fsp3) is 0.118. The summed E-state index contributed by atoms with van der Waals surface area (Å²) in [6.07, 6.45) is 0. The topological polar surface area (TPSA) is 51.2 Å². The number of nitrogens with one attached hydrogen (secondary N) is 1. The van der Waals surface area contributed by atoms with Gasteiger partial charge in [-0.05, 0) is 30.3 Å². The lowest BCUT2D eigenvalue weighted by Crippen LogP contribution is -1.97. The Morgan fingerprint density at radius 1 is 1.00 bits per heavy atom.